The SMILES string of the molecule is COc1cccc(CNCCCS(N)(=O)=O)c1OC. The highest BCUT2D eigenvalue weighted by Crippen LogP contribution is 2.30. The minimum atomic E-state index is -3.38. The molecule has 19 heavy (non-hydrogen) atoms. The van der Waals surface area contributed by atoms with Gasteiger partial charge in [0.1, 0.15) is 0 Å². The topological polar surface area (TPSA) is 90.6 Å². The third kappa shape index (κ3) is 5.46. The molecule has 1 aromatic carbocycles. The van der Waals surface area contributed by atoms with E-state index in [4.69, 9.17) is 14.6 Å². The molecule has 0 aliphatic heterocycles. The quantitative estimate of drug-likeness (QED) is 0.679. The van der Waals surface area contributed by atoms with Crippen molar-refractivity contribution >= 4 is 10.0 Å². The molecule has 0 spiro atoms. The van der Waals surface area contributed by atoms with E-state index in [0.717, 1.165) is 5.56 Å². The zero-order valence-corrected chi connectivity index (χ0v) is 12.0. The van der Waals surface area contributed by atoms with Crippen molar-refractivity contribution in [3.8, 4) is 11.5 Å². The number of primary sulfonamides is 1. The molecule has 0 aliphatic rings. The summed E-state index contributed by atoms with van der Waals surface area (Å²) in [5, 5.41) is 8.06. The first kappa shape index (κ1) is 15.7. The van der Waals surface area contributed by atoms with Crippen LogP contribution in [0.2, 0.25) is 0 Å². The average molecular weight is 288 g/mol. The fourth-order valence-corrected chi connectivity index (χ4v) is 2.26. The highest BCUT2D eigenvalue weighted by molar-refractivity contribution is 7.89. The number of hydrogen-bond donors (Lipinski definition) is 2. The Morgan fingerprint density at radius 1 is 1.26 bits per heavy atom. The summed E-state index contributed by atoms with van der Waals surface area (Å²) in [6.07, 6.45) is 0.477. The van der Waals surface area contributed by atoms with Crippen LogP contribution in [0.5, 0.6) is 11.5 Å². The average Bonchev–Trinajstić information content (AvgIpc) is 2.36. The molecule has 0 aromatic heterocycles. The van der Waals surface area contributed by atoms with Gasteiger partial charge in [-0.2, -0.15) is 0 Å². The predicted molar refractivity (Wildman–Crippen MR) is 73.8 cm³/mol. The van der Waals surface area contributed by atoms with E-state index in [1.54, 1.807) is 14.2 Å². The number of ether oxygens (including phenoxy) is 2. The van der Waals surface area contributed by atoms with Crippen LogP contribution < -0.4 is 19.9 Å². The van der Waals surface area contributed by atoms with Gasteiger partial charge in [-0.15, -0.1) is 0 Å². The van der Waals surface area contributed by atoms with Gasteiger partial charge in [-0.05, 0) is 19.0 Å². The van der Waals surface area contributed by atoms with Crippen molar-refractivity contribution in [3.05, 3.63) is 23.8 Å². The highest BCUT2D eigenvalue weighted by atomic mass is 32.2. The number of nitrogens with one attached hydrogen (secondary N) is 1. The lowest BCUT2D eigenvalue weighted by atomic mass is 10.2. The monoisotopic (exact) mass is 288 g/mol. The number of para-hydroxylation sites is 1. The van der Waals surface area contributed by atoms with Crippen LogP contribution >= 0.6 is 0 Å². The lowest BCUT2D eigenvalue weighted by molar-refractivity contribution is 0.350. The van der Waals surface area contributed by atoms with Gasteiger partial charge in [-0.25, -0.2) is 13.6 Å². The Bertz CT molecular complexity index is 502. The van der Waals surface area contributed by atoms with Crippen LogP contribution in [0, 0.1) is 0 Å². The van der Waals surface area contributed by atoms with E-state index in [1.165, 1.54) is 0 Å². The van der Waals surface area contributed by atoms with Crippen molar-refractivity contribution in [2.24, 2.45) is 5.14 Å². The van der Waals surface area contributed by atoms with Crippen LogP contribution in [-0.4, -0.2) is 34.9 Å². The lowest BCUT2D eigenvalue weighted by Crippen LogP contribution is -2.22. The molecule has 0 bridgehead atoms. The summed E-state index contributed by atoms with van der Waals surface area (Å²) < 4.78 is 32.0. The van der Waals surface area contributed by atoms with Gasteiger partial charge < -0.3 is 14.8 Å². The van der Waals surface area contributed by atoms with Crippen LogP contribution in [0.25, 0.3) is 0 Å². The van der Waals surface area contributed by atoms with Crippen LogP contribution in [0.3, 0.4) is 0 Å². The molecule has 108 valence electrons. The molecule has 0 aliphatic carbocycles. The molecule has 1 aromatic rings. The van der Waals surface area contributed by atoms with Crippen molar-refractivity contribution in [3.63, 3.8) is 0 Å². The second-order valence-corrected chi connectivity index (χ2v) is 5.78. The number of rotatable bonds is 8. The maximum Gasteiger partial charge on any atom is 0.209 e. The van der Waals surface area contributed by atoms with Crippen molar-refractivity contribution < 1.29 is 17.9 Å². The molecule has 1 rings (SSSR count). The molecule has 0 fully saturated rings. The molecule has 7 heteroatoms. The van der Waals surface area contributed by atoms with Gasteiger partial charge in [-0.1, -0.05) is 12.1 Å². The fraction of sp³-hybridized carbons (Fsp3) is 0.500. The number of benzene rings is 1. The third-order valence-electron chi connectivity index (χ3n) is 2.58. The minimum absolute atomic E-state index is 0.0186. The Morgan fingerprint density at radius 3 is 2.58 bits per heavy atom. The minimum Gasteiger partial charge on any atom is -0.493 e. The number of sulfonamides is 1. The second-order valence-electron chi connectivity index (χ2n) is 4.05. The lowest BCUT2D eigenvalue weighted by Gasteiger charge is -2.13. The summed E-state index contributed by atoms with van der Waals surface area (Å²) in [6.45, 7) is 1.14. The first-order chi connectivity index (χ1) is 8.98. The number of nitrogens with two attached hydrogens (primary N) is 1. The molecule has 0 heterocycles. The van der Waals surface area contributed by atoms with Gasteiger partial charge >= 0.3 is 0 Å². The molecule has 0 amide bonds. The van der Waals surface area contributed by atoms with Crippen LogP contribution in [0.4, 0.5) is 0 Å². The maximum atomic E-state index is 10.8. The Kier molecular flexibility index (Phi) is 6.07. The molecule has 0 atom stereocenters. The molecule has 0 radical (unpaired) electrons. The van der Waals surface area contributed by atoms with Crippen LogP contribution in [0.1, 0.15) is 12.0 Å². The van der Waals surface area contributed by atoms with Crippen LogP contribution in [0.15, 0.2) is 18.2 Å². The first-order valence-electron chi connectivity index (χ1n) is 5.89. The third-order valence-corrected chi connectivity index (χ3v) is 3.44. The van der Waals surface area contributed by atoms with E-state index in [9.17, 15) is 8.42 Å². The fourth-order valence-electron chi connectivity index (χ4n) is 1.71. The van der Waals surface area contributed by atoms with Gasteiger partial charge in [0.15, 0.2) is 11.5 Å². The number of methoxy groups -OCH3 is 2. The largest absolute Gasteiger partial charge is 0.493 e. The summed E-state index contributed by atoms with van der Waals surface area (Å²) in [5.74, 6) is 1.34. The Morgan fingerprint density at radius 2 is 2.00 bits per heavy atom. The predicted octanol–water partition coefficient (Wildman–Crippen LogP) is 0.472. The smallest absolute Gasteiger partial charge is 0.209 e. The zero-order valence-electron chi connectivity index (χ0n) is 11.2. The summed E-state index contributed by atoms with van der Waals surface area (Å²) in [7, 11) is -0.207. The Balaban J connectivity index is 2.49. The standard InChI is InChI=1S/C12H20N2O4S/c1-17-11-6-3-5-10(12(11)18-2)9-14-7-4-8-19(13,15)16/h3,5-6,14H,4,7-9H2,1-2H3,(H2,13,15,16). The maximum absolute atomic E-state index is 10.8. The van der Waals surface area contributed by atoms with Gasteiger partial charge in [-0.3, -0.25) is 0 Å². The number of hydrogen-bond acceptors (Lipinski definition) is 5. The molecular weight excluding hydrogens is 268 g/mol. The Hall–Kier alpha value is -1.31. The zero-order chi connectivity index (χ0) is 14.3. The van der Waals surface area contributed by atoms with E-state index in [2.05, 4.69) is 5.32 Å². The summed E-state index contributed by atoms with van der Waals surface area (Å²) >= 11 is 0. The van der Waals surface area contributed by atoms with E-state index in [-0.39, 0.29) is 5.75 Å². The first-order valence-corrected chi connectivity index (χ1v) is 7.60. The van der Waals surface area contributed by atoms with Gasteiger partial charge in [0.2, 0.25) is 10.0 Å². The van der Waals surface area contributed by atoms with E-state index < -0.39 is 10.0 Å². The van der Waals surface area contributed by atoms with Crippen LogP contribution in [-0.2, 0) is 16.6 Å². The van der Waals surface area contributed by atoms with Crippen molar-refractivity contribution in [2.45, 2.75) is 13.0 Å². The molecule has 0 saturated carbocycles. The van der Waals surface area contributed by atoms with Crippen molar-refractivity contribution in [1.82, 2.24) is 5.32 Å². The summed E-state index contributed by atoms with van der Waals surface area (Å²) in [4.78, 5) is 0. The summed E-state index contributed by atoms with van der Waals surface area (Å²) in [5.41, 5.74) is 0.956. The van der Waals surface area contributed by atoms with E-state index >= 15 is 0 Å². The molecule has 0 unspecified atom stereocenters. The van der Waals surface area contributed by atoms with E-state index in [0.29, 0.717) is 31.0 Å². The van der Waals surface area contributed by atoms with E-state index in [1.807, 2.05) is 18.2 Å². The second kappa shape index (κ2) is 7.32. The van der Waals surface area contributed by atoms with Crippen molar-refractivity contribution in [1.29, 1.82) is 0 Å². The molecule has 3 N–H and O–H groups in total. The molecular formula is C12H20N2O4S. The highest BCUT2D eigenvalue weighted by Gasteiger charge is 2.08. The van der Waals surface area contributed by atoms with Gasteiger partial charge in [0.25, 0.3) is 0 Å². The van der Waals surface area contributed by atoms with Gasteiger partial charge in [0.05, 0.1) is 20.0 Å². The summed E-state index contributed by atoms with van der Waals surface area (Å²) in [6, 6.07) is 5.63. The molecule has 0 saturated heterocycles. The molecule has 6 nitrogen and oxygen atoms in total. The van der Waals surface area contributed by atoms with Crippen molar-refractivity contribution in [2.75, 3.05) is 26.5 Å². The Labute approximate surface area is 113 Å². The normalized spacial score (nSPS) is 11.3. The van der Waals surface area contributed by atoms with Gasteiger partial charge in [0, 0.05) is 12.1 Å².